The van der Waals surface area contributed by atoms with Gasteiger partial charge in [0.25, 0.3) is 16.3 Å². The van der Waals surface area contributed by atoms with E-state index in [2.05, 4.69) is 57.2 Å². The maximum absolute atomic E-state index is 13.8. The number of carbonyl (C=O) groups excluding carboxylic acids is 5. The fourth-order valence-corrected chi connectivity index (χ4v) is 11.2. The Kier molecular flexibility index (Phi) is 21.7. The van der Waals surface area contributed by atoms with E-state index in [1.54, 1.807) is 30.3 Å². The normalized spacial score (nSPS) is 13.2. The highest BCUT2D eigenvalue weighted by atomic mass is 32.1. The van der Waals surface area contributed by atoms with Gasteiger partial charge >= 0.3 is 0 Å². The molecule has 4 aromatic heterocycles. The van der Waals surface area contributed by atoms with Gasteiger partial charge in [0.15, 0.2) is 11.6 Å². The number of carbonyl (C=O) groups is 5. The van der Waals surface area contributed by atoms with Gasteiger partial charge in [-0.2, -0.15) is 10.2 Å². The van der Waals surface area contributed by atoms with Crippen LogP contribution in [0.2, 0.25) is 0 Å². The van der Waals surface area contributed by atoms with E-state index in [1.807, 2.05) is 113 Å². The van der Waals surface area contributed by atoms with Gasteiger partial charge in [0.05, 0.1) is 50.2 Å². The monoisotopic (exact) mass is 1160 g/mol. The van der Waals surface area contributed by atoms with Gasteiger partial charge in [0.2, 0.25) is 34.7 Å². The molecule has 0 aliphatic carbocycles. The van der Waals surface area contributed by atoms with Crippen LogP contribution in [0.25, 0.3) is 0 Å². The van der Waals surface area contributed by atoms with Gasteiger partial charge in [-0.05, 0) is 127 Å². The minimum absolute atomic E-state index is 0.0300. The number of hydrogen-bond acceptors (Lipinski definition) is 17. The van der Waals surface area contributed by atoms with Crippen molar-refractivity contribution in [2.45, 2.75) is 89.6 Å². The smallest absolute Gasteiger partial charge is 0.268 e. The Labute approximate surface area is 488 Å². The van der Waals surface area contributed by atoms with E-state index < -0.39 is 6.17 Å². The fourth-order valence-electron chi connectivity index (χ4n) is 9.35. The Balaban J connectivity index is 0.750. The van der Waals surface area contributed by atoms with E-state index in [4.69, 9.17) is 15.6 Å². The predicted molar refractivity (Wildman–Crippen MR) is 317 cm³/mol. The maximum atomic E-state index is 13.8. The van der Waals surface area contributed by atoms with E-state index in [-0.39, 0.29) is 68.4 Å². The molecule has 1 saturated heterocycles. The summed E-state index contributed by atoms with van der Waals surface area (Å²) >= 11 is 2.72. The van der Waals surface area contributed by atoms with Gasteiger partial charge < -0.3 is 31.7 Å². The molecule has 0 saturated carbocycles. The topological polar surface area (TPSA) is 278 Å². The summed E-state index contributed by atoms with van der Waals surface area (Å²) in [6, 6.07) is 41.3. The Hall–Kier alpha value is -8.61. The molecular formula is C60H66N15O6S2+. The molecule has 8 aromatic rings. The second kappa shape index (κ2) is 30.4. The van der Waals surface area contributed by atoms with Crippen LogP contribution in [0.3, 0.4) is 0 Å². The SMILES string of the molecule is NCCc1cccc(CC(=O)Nc2n[n+](C3COCCN3CC(=O)Nc3cccc(CC(=O)Nc4nnc(CCCCc5ccc(NC(=O)Cc6ccccc6)nn5)s4)c3)c(CCCCc3ccc(NC(=O)Cc4ccccc4)nn3)s2)c1. The number of ether oxygens (including phenoxy) is 1. The van der Waals surface area contributed by atoms with E-state index >= 15 is 0 Å². The number of morpholine rings is 1. The molecule has 23 heteroatoms. The van der Waals surface area contributed by atoms with Crippen LogP contribution >= 0.6 is 22.7 Å². The molecule has 9 rings (SSSR count). The van der Waals surface area contributed by atoms with Gasteiger partial charge in [-0.3, -0.25) is 29.3 Å². The summed E-state index contributed by atoms with van der Waals surface area (Å²) < 4.78 is 7.87. The van der Waals surface area contributed by atoms with Crippen molar-refractivity contribution in [1.82, 2.24) is 40.6 Å². The summed E-state index contributed by atoms with van der Waals surface area (Å²) in [6.07, 6.45) is 6.88. The quantitative estimate of drug-likeness (QED) is 0.0220. The lowest BCUT2D eigenvalue weighted by molar-refractivity contribution is -0.799. The number of aromatic nitrogens is 8. The number of hydrogen-bond donors (Lipinski definition) is 6. The van der Waals surface area contributed by atoms with Crippen molar-refractivity contribution in [2.75, 3.05) is 59.4 Å². The van der Waals surface area contributed by atoms with Gasteiger partial charge in [0.1, 0.15) is 11.6 Å². The van der Waals surface area contributed by atoms with Crippen molar-refractivity contribution < 1.29 is 33.4 Å². The zero-order valence-corrected chi connectivity index (χ0v) is 47.5. The van der Waals surface area contributed by atoms with Crippen LogP contribution in [0.15, 0.2) is 133 Å². The van der Waals surface area contributed by atoms with Crippen LogP contribution in [-0.2, 0) is 86.5 Å². The largest absolute Gasteiger partial charge is 0.371 e. The number of amides is 5. The first-order valence-corrected chi connectivity index (χ1v) is 29.3. The molecule has 5 heterocycles. The molecule has 21 nitrogen and oxygen atoms in total. The Morgan fingerprint density at radius 1 is 0.518 bits per heavy atom. The zero-order valence-electron chi connectivity index (χ0n) is 45.9. The Morgan fingerprint density at radius 2 is 1.07 bits per heavy atom. The highest BCUT2D eigenvalue weighted by Crippen LogP contribution is 2.24. The fraction of sp³-hybridized carbons (Fsp3) is 0.317. The van der Waals surface area contributed by atoms with E-state index in [9.17, 15) is 24.0 Å². The van der Waals surface area contributed by atoms with Crippen molar-refractivity contribution in [1.29, 1.82) is 0 Å². The number of rotatable bonds is 28. The summed E-state index contributed by atoms with van der Waals surface area (Å²) in [4.78, 5) is 67.5. The van der Waals surface area contributed by atoms with Crippen molar-refractivity contribution >= 4 is 79.8 Å². The number of nitrogens with two attached hydrogens (primary N) is 1. The molecule has 83 heavy (non-hydrogen) atoms. The molecule has 1 fully saturated rings. The number of unbranched alkanes of at least 4 members (excludes halogenated alkanes) is 2. The third kappa shape index (κ3) is 19.0. The molecule has 7 N–H and O–H groups in total. The highest BCUT2D eigenvalue weighted by Gasteiger charge is 2.38. The summed E-state index contributed by atoms with van der Waals surface area (Å²) in [5, 5.41) is 47.5. The first-order valence-electron chi connectivity index (χ1n) is 27.7. The second-order valence-electron chi connectivity index (χ2n) is 20.0. The molecule has 0 radical (unpaired) electrons. The van der Waals surface area contributed by atoms with Gasteiger partial charge in [-0.25, -0.2) is 4.90 Å². The first kappa shape index (κ1) is 59.0. The molecule has 1 aliphatic heterocycles. The molecule has 4 aromatic carbocycles. The number of nitrogens with zero attached hydrogens (tertiary/aromatic N) is 9. The molecule has 0 bridgehead atoms. The van der Waals surface area contributed by atoms with Gasteiger partial charge in [0, 0.05) is 30.2 Å². The lowest BCUT2D eigenvalue weighted by Gasteiger charge is -2.29. The van der Waals surface area contributed by atoms with Crippen LogP contribution in [0.5, 0.6) is 0 Å². The van der Waals surface area contributed by atoms with Crippen molar-refractivity contribution in [2.24, 2.45) is 5.73 Å². The summed E-state index contributed by atoms with van der Waals surface area (Å²) in [5.41, 5.74) is 12.4. The lowest BCUT2D eigenvalue weighted by atomic mass is 10.1. The Bertz CT molecular complexity index is 3420. The number of nitrogens with one attached hydrogen (secondary N) is 5. The molecule has 5 amide bonds. The maximum Gasteiger partial charge on any atom is 0.268 e. The molecule has 1 unspecified atom stereocenters. The molecule has 1 atom stereocenters. The second-order valence-corrected chi connectivity index (χ2v) is 22.1. The standard InChI is InChI=1S/C60H65N15O6S2/c61-30-29-43-17-11-18-44(33-43)37-54(79)66-60-73-75(58(83-60)24-10-8-21-47-26-28-50(70-68-47)64-52(77)36-42-15-5-2-6-16-42)57-40-81-32-31-74(57)39-55(80)62-48-22-12-19-45(34-48)38-53(78)65-59-72-71-56(82-59)23-9-7-20-46-25-27-49(69-67-46)63-51(76)35-41-13-3-1-4-14-41/h1-6,11-19,22,25-28,33-34,57H,7-10,20-21,23-24,29-32,35-40,61H2,(H4-,62,63,64,65,66,69,70,72,73,76,77,78,79,80)/p+1. The third-order valence-corrected chi connectivity index (χ3v) is 15.3. The lowest BCUT2D eigenvalue weighted by Crippen LogP contribution is -2.59. The number of anilines is 5. The highest BCUT2D eigenvalue weighted by molar-refractivity contribution is 7.15. The summed E-state index contributed by atoms with van der Waals surface area (Å²) in [5.74, 6) is -0.245. The van der Waals surface area contributed by atoms with Crippen molar-refractivity contribution in [3.63, 3.8) is 0 Å². The Morgan fingerprint density at radius 3 is 1.70 bits per heavy atom. The van der Waals surface area contributed by atoms with Crippen molar-refractivity contribution in [3.8, 4) is 0 Å². The van der Waals surface area contributed by atoms with E-state index in [0.717, 1.165) is 69.3 Å². The molecular weight excluding hydrogens is 1090 g/mol. The first-order chi connectivity index (χ1) is 40.5. The summed E-state index contributed by atoms with van der Waals surface area (Å²) in [7, 11) is 0. The predicted octanol–water partition coefficient (Wildman–Crippen LogP) is 6.69. The van der Waals surface area contributed by atoms with E-state index in [0.29, 0.717) is 85.0 Å². The zero-order chi connectivity index (χ0) is 57.6. The number of benzene rings is 4. The van der Waals surface area contributed by atoms with Crippen molar-refractivity contribution in [3.05, 3.63) is 183 Å². The van der Waals surface area contributed by atoms with Crippen LogP contribution in [0.1, 0.15) is 81.1 Å². The van der Waals surface area contributed by atoms with Crippen LogP contribution < -0.4 is 37.0 Å². The average Bonchev–Trinajstić information content (AvgIpc) is 4.17. The molecule has 1 aliphatic rings. The van der Waals surface area contributed by atoms with Crippen LogP contribution in [-0.4, -0.2) is 103 Å². The van der Waals surface area contributed by atoms with Gasteiger partial charge in [-0.15, -0.1) is 20.4 Å². The minimum Gasteiger partial charge on any atom is -0.371 e. The number of aryl methyl sites for hydroxylation is 4. The van der Waals surface area contributed by atoms with Gasteiger partial charge in [-0.1, -0.05) is 113 Å². The third-order valence-electron chi connectivity index (χ3n) is 13.4. The molecule has 0 spiro atoms. The minimum atomic E-state index is -0.447. The van der Waals surface area contributed by atoms with E-state index in [1.165, 1.54) is 22.7 Å². The van der Waals surface area contributed by atoms with Crippen LogP contribution in [0.4, 0.5) is 27.6 Å². The average molecular weight is 1160 g/mol. The summed E-state index contributed by atoms with van der Waals surface area (Å²) in [6.45, 7) is 1.69. The molecule has 428 valence electrons. The van der Waals surface area contributed by atoms with Crippen LogP contribution in [0, 0.1) is 0 Å².